The first-order valence-corrected chi connectivity index (χ1v) is 7.26. The molecule has 0 aliphatic rings. The average Bonchev–Trinajstić information content (AvgIpc) is 2.45. The standard InChI is InChI=1S/C15H13Cl2NO2S/c1-8-5-13(14(20-2)7-12(8)17)18-15(19)10-6-9(21)3-4-11(10)16/h3-7,21H,1-2H3,(H,18,19). The Bertz CT molecular complexity index is 704. The molecule has 0 saturated heterocycles. The van der Waals surface area contributed by atoms with Gasteiger partial charge in [-0.2, -0.15) is 0 Å². The maximum atomic E-state index is 12.3. The number of hydrogen-bond donors (Lipinski definition) is 2. The van der Waals surface area contributed by atoms with Crippen LogP contribution in [0.1, 0.15) is 15.9 Å². The van der Waals surface area contributed by atoms with Crippen molar-refractivity contribution in [2.45, 2.75) is 11.8 Å². The van der Waals surface area contributed by atoms with Crippen LogP contribution in [0.25, 0.3) is 0 Å². The summed E-state index contributed by atoms with van der Waals surface area (Å²) in [5.41, 5.74) is 1.71. The summed E-state index contributed by atoms with van der Waals surface area (Å²) in [5, 5.41) is 3.70. The van der Waals surface area contributed by atoms with Gasteiger partial charge in [-0.25, -0.2) is 0 Å². The predicted molar refractivity (Wildman–Crippen MR) is 89.4 cm³/mol. The Morgan fingerprint density at radius 2 is 1.90 bits per heavy atom. The molecule has 0 atom stereocenters. The number of aryl methyl sites for hydroxylation is 1. The molecule has 0 aliphatic heterocycles. The van der Waals surface area contributed by atoms with E-state index in [0.29, 0.717) is 31.9 Å². The molecule has 21 heavy (non-hydrogen) atoms. The summed E-state index contributed by atoms with van der Waals surface area (Å²) in [6, 6.07) is 8.36. The number of amides is 1. The Labute approximate surface area is 138 Å². The zero-order valence-electron chi connectivity index (χ0n) is 11.4. The maximum absolute atomic E-state index is 12.3. The Morgan fingerprint density at radius 1 is 1.19 bits per heavy atom. The van der Waals surface area contributed by atoms with E-state index in [1.807, 2.05) is 6.92 Å². The number of anilines is 1. The molecule has 0 spiro atoms. The van der Waals surface area contributed by atoms with Crippen molar-refractivity contribution in [3.05, 3.63) is 51.5 Å². The highest BCUT2D eigenvalue weighted by atomic mass is 35.5. The van der Waals surface area contributed by atoms with Gasteiger partial charge in [0.2, 0.25) is 0 Å². The van der Waals surface area contributed by atoms with Gasteiger partial charge in [-0.3, -0.25) is 4.79 Å². The highest BCUT2D eigenvalue weighted by Crippen LogP contribution is 2.31. The van der Waals surface area contributed by atoms with E-state index < -0.39 is 0 Å². The van der Waals surface area contributed by atoms with Crippen molar-refractivity contribution in [2.75, 3.05) is 12.4 Å². The Hall–Kier alpha value is -1.36. The molecule has 0 aliphatic carbocycles. The molecule has 0 saturated carbocycles. The van der Waals surface area contributed by atoms with Crippen molar-refractivity contribution < 1.29 is 9.53 Å². The molecule has 0 unspecified atom stereocenters. The monoisotopic (exact) mass is 341 g/mol. The molecule has 0 aromatic heterocycles. The van der Waals surface area contributed by atoms with E-state index >= 15 is 0 Å². The van der Waals surface area contributed by atoms with Crippen molar-refractivity contribution in [3.8, 4) is 5.75 Å². The molecule has 2 aromatic carbocycles. The molecule has 0 bridgehead atoms. The van der Waals surface area contributed by atoms with Gasteiger partial charge in [0.25, 0.3) is 5.91 Å². The smallest absolute Gasteiger partial charge is 0.257 e. The quantitative estimate of drug-likeness (QED) is 0.783. The lowest BCUT2D eigenvalue weighted by molar-refractivity contribution is 0.102. The minimum Gasteiger partial charge on any atom is -0.495 e. The second kappa shape index (κ2) is 6.60. The molecule has 2 aromatic rings. The van der Waals surface area contributed by atoms with Crippen molar-refractivity contribution in [2.24, 2.45) is 0 Å². The molecular weight excluding hydrogens is 329 g/mol. The zero-order valence-corrected chi connectivity index (χ0v) is 13.8. The number of thiol groups is 1. The number of nitrogens with one attached hydrogen (secondary N) is 1. The minimum atomic E-state index is -0.337. The van der Waals surface area contributed by atoms with Crippen molar-refractivity contribution >= 4 is 47.4 Å². The van der Waals surface area contributed by atoms with Gasteiger partial charge < -0.3 is 10.1 Å². The third-order valence-corrected chi connectivity index (χ3v) is 3.94. The normalized spacial score (nSPS) is 10.3. The van der Waals surface area contributed by atoms with E-state index in [2.05, 4.69) is 17.9 Å². The Morgan fingerprint density at radius 3 is 2.57 bits per heavy atom. The van der Waals surface area contributed by atoms with Gasteiger partial charge in [-0.1, -0.05) is 23.2 Å². The van der Waals surface area contributed by atoms with Gasteiger partial charge in [0.05, 0.1) is 23.4 Å². The zero-order chi connectivity index (χ0) is 15.6. The van der Waals surface area contributed by atoms with Crippen LogP contribution in [0.15, 0.2) is 35.2 Å². The molecule has 0 radical (unpaired) electrons. The van der Waals surface area contributed by atoms with Crippen molar-refractivity contribution in [1.82, 2.24) is 0 Å². The fourth-order valence-electron chi connectivity index (χ4n) is 1.81. The molecular formula is C15H13Cl2NO2S. The van der Waals surface area contributed by atoms with Gasteiger partial charge in [-0.15, -0.1) is 12.6 Å². The first kappa shape index (κ1) is 16.0. The lowest BCUT2D eigenvalue weighted by Crippen LogP contribution is -2.13. The van der Waals surface area contributed by atoms with Crippen LogP contribution in [0.5, 0.6) is 5.75 Å². The van der Waals surface area contributed by atoms with E-state index in [0.717, 1.165) is 5.56 Å². The number of halogens is 2. The maximum Gasteiger partial charge on any atom is 0.257 e. The number of carbonyl (C=O) groups is 1. The molecule has 0 heterocycles. The van der Waals surface area contributed by atoms with Gasteiger partial charge in [0, 0.05) is 16.0 Å². The van der Waals surface area contributed by atoms with E-state index in [-0.39, 0.29) is 5.91 Å². The molecule has 110 valence electrons. The van der Waals surface area contributed by atoms with Crippen LogP contribution >= 0.6 is 35.8 Å². The van der Waals surface area contributed by atoms with Gasteiger partial charge in [-0.05, 0) is 36.8 Å². The van der Waals surface area contributed by atoms with Crippen molar-refractivity contribution in [3.63, 3.8) is 0 Å². The number of ether oxygens (including phenoxy) is 1. The average molecular weight is 342 g/mol. The van der Waals surface area contributed by atoms with Crippen LogP contribution < -0.4 is 10.1 Å². The summed E-state index contributed by atoms with van der Waals surface area (Å²) in [6.45, 7) is 1.85. The van der Waals surface area contributed by atoms with Crippen LogP contribution in [0.3, 0.4) is 0 Å². The van der Waals surface area contributed by atoms with Crippen LogP contribution in [0.4, 0.5) is 5.69 Å². The molecule has 2 rings (SSSR count). The molecule has 1 amide bonds. The summed E-state index contributed by atoms with van der Waals surface area (Å²) >= 11 is 16.3. The number of hydrogen-bond acceptors (Lipinski definition) is 3. The van der Waals surface area contributed by atoms with Crippen LogP contribution in [-0.4, -0.2) is 13.0 Å². The number of methoxy groups -OCH3 is 1. The van der Waals surface area contributed by atoms with E-state index in [1.54, 1.807) is 30.3 Å². The van der Waals surface area contributed by atoms with Gasteiger partial charge in [0.1, 0.15) is 5.75 Å². The summed E-state index contributed by atoms with van der Waals surface area (Å²) in [5.74, 6) is 0.146. The van der Waals surface area contributed by atoms with E-state index in [9.17, 15) is 4.79 Å². The predicted octanol–water partition coefficient (Wildman–Crippen LogP) is 4.85. The lowest BCUT2D eigenvalue weighted by atomic mass is 10.1. The van der Waals surface area contributed by atoms with Crippen molar-refractivity contribution in [1.29, 1.82) is 0 Å². The summed E-state index contributed by atoms with van der Waals surface area (Å²) in [4.78, 5) is 13.0. The number of benzene rings is 2. The fourth-order valence-corrected chi connectivity index (χ4v) is 2.37. The van der Waals surface area contributed by atoms with E-state index in [1.165, 1.54) is 7.11 Å². The summed E-state index contributed by atoms with van der Waals surface area (Å²) in [7, 11) is 1.51. The van der Waals surface area contributed by atoms with Crippen LogP contribution in [0.2, 0.25) is 10.0 Å². The second-order valence-corrected chi connectivity index (χ2v) is 5.75. The SMILES string of the molecule is COc1cc(Cl)c(C)cc1NC(=O)c1cc(S)ccc1Cl. The first-order chi connectivity index (χ1) is 9.92. The summed E-state index contributed by atoms with van der Waals surface area (Å²) in [6.07, 6.45) is 0. The minimum absolute atomic E-state index is 0.337. The topological polar surface area (TPSA) is 38.3 Å². The molecule has 3 nitrogen and oxygen atoms in total. The number of rotatable bonds is 3. The number of carbonyl (C=O) groups excluding carboxylic acids is 1. The first-order valence-electron chi connectivity index (χ1n) is 6.06. The molecule has 6 heteroatoms. The van der Waals surface area contributed by atoms with Gasteiger partial charge in [0.15, 0.2) is 0 Å². The lowest BCUT2D eigenvalue weighted by Gasteiger charge is -2.13. The summed E-state index contributed by atoms with van der Waals surface area (Å²) < 4.78 is 5.22. The van der Waals surface area contributed by atoms with Gasteiger partial charge >= 0.3 is 0 Å². The highest BCUT2D eigenvalue weighted by Gasteiger charge is 2.14. The van der Waals surface area contributed by atoms with Crippen LogP contribution in [0, 0.1) is 6.92 Å². The van der Waals surface area contributed by atoms with E-state index in [4.69, 9.17) is 27.9 Å². The molecule has 0 fully saturated rings. The van der Waals surface area contributed by atoms with Crippen LogP contribution in [-0.2, 0) is 0 Å². The highest BCUT2D eigenvalue weighted by molar-refractivity contribution is 7.80. The second-order valence-electron chi connectivity index (χ2n) is 4.42. The Balaban J connectivity index is 2.35. The largest absolute Gasteiger partial charge is 0.495 e. The molecule has 1 N–H and O–H groups in total. The third-order valence-electron chi connectivity index (χ3n) is 2.92. The Kier molecular flexibility index (Phi) is 5.04. The fraction of sp³-hybridized carbons (Fsp3) is 0.133. The third kappa shape index (κ3) is 3.64.